The van der Waals surface area contributed by atoms with Crippen molar-refractivity contribution in [3.05, 3.63) is 64.9 Å². The SMILES string of the molecule is Cc1cc2occ(CC(=O)NCc3cccc(S(=O)(=O)NC(C)C)c3)c2cc1C. The molecule has 0 aliphatic carbocycles. The summed E-state index contributed by atoms with van der Waals surface area (Å²) in [5, 5.41) is 3.79. The van der Waals surface area contributed by atoms with Crippen molar-refractivity contribution >= 4 is 26.9 Å². The highest BCUT2D eigenvalue weighted by Crippen LogP contribution is 2.25. The minimum absolute atomic E-state index is 0.153. The van der Waals surface area contributed by atoms with Crippen LogP contribution in [-0.4, -0.2) is 20.4 Å². The first-order valence-electron chi connectivity index (χ1n) is 9.51. The average Bonchev–Trinajstić information content (AvgIpc) is 3.01. The molecule has 7 heteroatoms. The van der Waals surface area contributed by atoms with Gasteiger partial charge in [0.05, 0.1) is 17.6 Å². The van der Waals surface area contributed by atoms with Gasteiger partial charge in [-0.25, -0.2) is 13.1 Å². The summed E-state index contributed by atoms with van der Waals surface area (Å²) >= 11 is 0. The van der Waals surface area contributed by atoms with Crippen LogP contribution in [0.2, 0.25) is 0 Å². The molecule has 29 heavy (non-hydrogen) atoms. The molecule has 0 aliphatic rings. The lowest BCUT2D eigenvalue weighted by Gasteiger charge is -2.11. The van der Waals surface area contributed by atoms with Crippen LogP contribution in [0, 0.1) is 13.8 Å². The van der Waals surface area contributed by atoms with Crippen LogP contribution in [0.25, 0.3) is 11.0 Å². The number of nitrogens with one attached hydrogen (secondary N) is 2. The number of carbonyl (C=O) groups is 1. The summed E-state index contributed by atoms with van der Waals surface area (Å²) in [6.07, 6.45) is 1.82. The van der Waals surface area contributed by atoms with Crippen molar-refractivity contribution in [2.75, 3.05) is 0 Å². The molecule has 1 heterocycles. The molecule has 0 atom stereocenters. The van der Waals surface area contributed by atoms with Crippen molar-refractivity contribution in [3.63, 3.8) is 0 Å². The van der Waals surface area contributed by atoms with Crippen molar-refractivity contribution in [2.24, 2.45) is 0 Å². The fourth-order valence-electron chi connectivity index (χ4n) is 3.11. The first kappa shape index (κ1) is 21.1. The summed E-state index contributed by atoms with van der Waals surface area (Å²) < 4.78 is 32.8. The van der Waals surface area contributed by atoms with Gasteiger partial charge >= 0.3 is 0 Å². The molecule has 6 nitrogen and oxygen atoms in total. The van der Waals surface area contributed by atoms with Crippen LogP contribution in [0.15, 0.2) is 52.0 Å². The van der Waals surface area contributed by atoms with Crippen LogP contribution in [0.4, 0.5) is 0 Å². The third kappa shape index (κ3) is 5.05. The molecule has 2 aromatic carbocycles. The molecule has 0 radical (unpaired) electrons. The maximum atomic E-state index is 12.4. The number of furan rings is 1. The van der Waals surface area contributed by atoms with Crippen LogP contribution in [0.3, 0.4) is 0 Å². The molecule has 154 valence electrons. The van der Waals surface area contributed by atoms with E-state index < -0.39 is 10.0 Å². The molecule has 0 spiro atoms. The molecule has 2 N–H and O–H groups in total. The minimum Gasteiger partial charge on any atom is -0.464 e. The lowest BCUT2D eigenvalue weighted by molar-refractivity contribution is -0.120. The predicted octanol–water partition coefficient (Wildman–Crippen LogP) is 3.60. The van der Waals surface area contributed by atoms with Crippen molar-refractivity contribution in [2.45, 2.75) is 51.6 Å². The van der Waals surface area contributed by atoms with Gasteiger partial charge in [-0.3, -0.25) is 4.79 Å². The number of carbonyl (C=O) groups excluding carboxylic acids is 1. The number of fused-ring (bicyclic) bond motifs is 1. The molecule has 1 aromatic heterocycles. The monoisotopic (exact) mass is 414 g/mol. The molecular weight excluding hydrogens is 388 g/mol. The van der Waals surface area contributed by atoms with Gasteiger partial charge in [0.15, 0.2) is 0 Å². The summed E-state index contributed by atoms with van der Waals surface area (Å²) in [4.78, 5) is 12.6. The first-order valence-corrected chi connectivity index (χ1v) is 11.0. The largest absolute Gasteiger partial charge is 0.464 e. The van der Waals surface area contributed by atoms with Gasteiger partial charge < -0.3 is 9.73 Å². The summed E-state index contributed by atoms with van der Waals surface area (Å²) in [5.41, 5.74) is 4.61. The third-order valence-corrected chi connectivity index (χ3v) is 6.37. The Labute approximate surface area is 171 Å². The number of sulfonamides is 1. The lowest BCUT2D eigenvalue weighted by Crippen LogP contribution is -2.30. The topological polar surface area (TPSA) is 88.4 Å². The molecule has 0 unspecified atom stereocenters. The Bertz CT molecular complexity index is 1150. The van der Waals surface area contributed by atoms with E-state index in [-0.39, 0.29) is 29.8 Å². The maximum Gasteiger partial charge on any atom is 0.240 e. The molecule has 0 aliphatic heterocycles. The van der Waals surface area contributed by atoms with Gasteiger partial charge in [-0.2, -0.15) is 0 Å². The predicted molar refractivity (Wildman–Crippen MR) is 113 cm³/mol. The summed E-state index contributed by atoms with van der Waals surface area (Å²) in [5.74, 6) is -0.153. The van der Waals surface area contributed by atoms with E-state index >= 15 is 0 Å². The lowest BCUT2D eigenvalue weighted by atomic mass is 10.0. The van der Waals surface area contributed by atoms with Crippen molar-refractivity contribution < 1.29 is 17.6 Å². The number of rotatable bonds is 7. The van der Waals surface area contributed by atoms with E-state index in [9.17, 15) is 13.2 Å². The second-order valence-corrected chi connectivity index (χ2v) is 9.28. The third-order valence-electron chi connectivity index (χ3n) is 4.71. The Morgan fingerprint density at radius 2 is 1.83 bits per heavy atom. The van der Waals surface area contributed by atoms with Crippen LogP contribution in [0.1, 0.15) is 36.1 Å². The highest BCUT2D eigenvalue weighted by molar-refractivity contribution is 7.89. The van der Waals surface area contributed by atoms with Gasteiger partial charge in [-0.05, 0) is 68.7 Å². The number of benzene rings is 2. The first-order chi connectivity index (χ1) is 13.7. The molecule has 0 saturated heterocycles. The minimum atomic E-state index is -3.57. The molecule has 1 amide bonds. The Morgan fingerprint density at radius 3 is 2.55 bits per heavy atom. The van der Waals surface area contributed by atoms with Gasteiger partial charge in [0.25, 0.3) is 0 Å². The van der Waals surface area contributed by atoms with E-state index in [4.69, 9.17) is 4.42 Å². The Balaban J connectivity index is 1.67. The number of hydrogen-bond donors (Lipinski definition) is 2. The van der Waals surface area contributed by atoms with Gasteiger partial charge in [-0.1, -0.05) is 12.1 Å². The Kier molecular flexibility index (Phi) is 6.10. The molecule has 3 aromatic rings. The van der Waals surface area contributed by atoms with E-state index in [0.717, 1.165) is 27.7 Å². The summed E-state index contributed by atoms with van der Waals surface area (Å²) in [7, 11) is -3.57. The molecular formula is C22H26N2O4S. The second kappa shape index (κ2) is 8.39. The average molecular weight is 415 g/mol. The fourth-order valence-corrected chi connectivity index (χ4v) is 4.43. The van der Waals surface area contributed by atoms with Crippen LogP contribution >= 0.6 is 0 Å². The van der Waals surface area contributed by atoms with E-state index in [0.29, 0.717) is 5.56 Å². The standard InChI is InChI=1S/C22H26N2O4S/c1-14(2)24-29(26,27)19-7-5-6-17(10-19)12-23-22(25)11-18-13-28-21-9-16(4)15(3)8-20(18)21/h5-10,13-14,24H,11-12H2,1-4H3,(H,23,25). The van der Waals surface area contributed by atoms with Crippen molar-refractivity contribution in [1.29, 1.82) is 0 Å². The normalized spacial score (nSPS) is 11.9. The highest BCUT2D eigenvalue weighted by Gasteiger charge is 2.16. The van der Waals surface area contributed by atoms with Gasteiger partial charge in [-0.15, -0.1) is 0 Å². The molecule has 0 fully saturated rings. The summed E-state index contributed by atoms with van der Waals surface area (Å²) in [6.45, 7) is 7.83. The smallest absolute Gasteiger partial charge is 0.240 e. The number of hydrogen-bond acceptors (Lipinski definition) is 4. The van der Waals surface area contributed by atoms with Gasteiger partial charge in [0.2, 0.25) is 15.9 Å². The van der Waals surface area contributed by atoms with E-state index in [2.05, 4.69) is 10.0 Å². The van der Waals surface area contributed by atoms with E-state index in [1.54, 1.807) is 38.3 Å². The van der Waals surface area contributed by atoms with Gasteiger partial charge in [0, 0.05) is 23.5 Å². The van der Waals surface area contributed by atoms with Crippen LogP contribution < -0.4 is 10.0 Å². The Morgan fingerprint density at radius 1 is 1.10 bits per heavy atom. The zero-order chi connectivity index (χ0) is 21.2. The van der Waals surface area contributed by atoms with Crippen molar-refractivity contribution in [1.82, 2.24) is 10.0 Å². The Hall–Kier alpha value is -2.64. The van der Waals surface area contributed by atoms with E-state index in [1.165, 1.54) is 6.07 Å². The quantitative estimate of drug-likeness (QED) is 0.618. The number of aryl methyl sites for hydroxylation is 2. The maximum absolute atomic E-state index is 12.4. The van der Waals surface area contributed by atoms with Gasteiger partial charge in [0.1, 0.15) is 5.58 Å². The van der Waals surface area contributed by atoms with Crippen LogP contribution in [-0.2, 0) is 27.8 Å². The highest BCUT2D eigenvalue weighted by atomic mass is 32.2. The van der Waals surface area contributed by atoms with E-state index in [1.807, 2.05) is 26.0 Å². The zero-order valence-electron chi connectivity index (χ0n) is 17.1. The number of amides is 1. The molecule has 0 saturated carbocycles. The molecule has 3 rings (SSSR count). The zero-order valence-corrected chi connectivity index (χ0v) is 17.9. The fraction of sp³-hybridized carbons (Fsp3) is 0.318. The summed E-state index contributed by atoms with van der Waals surface area (Å²) in [6, 6.07) is 10.4. The van der Waals surface area contributed by atoms with Crippen molar-refractivity contribution in [3.8, 4) is 0 Å². The molecule has 0 bridgehead atoms. The second-order valence-electron chi connectivity index (χ2n) is 7.57. The van der Waals surface area contributed by atoms with Crippen LogP contribution in [0.5, 0.6) is 0 Å².